The van der Waals surface area contributed by atoms with E-state index >= 15 is 0 Å². The molecule has 1 N–H and O–H groups in total. The zero-order valence-electron chi connectivity index (χ0n) is 8.36. The molecule has 3 heterocycles. The first kappa shape index (κ1) is 9.36. The van der Waals surface area contributed by atoms with Gasteiger partial charge < -0.3 is 10.2 Å². The molecule has 5 heteroatoms. The lowest BCUT2D eigenvalue weighted by Gasteiger charge is -2.32. The fourth-order valence-electron chi connectivity index (χ4n) is 2.44. The van der Waals surface area contributed by atoms with Crippen LogP contribution in [0.1, 0.15) is 12.8 Å². The largest absolute Gasteiger partial charge is 0.338 e. The van der Waals surface area contributed by atoms with Gasteiger partial charge in [-0.25, -0.2) is 9.97 Å². The van der Waals surface area contributed by atoms with Crippen molar-refractivity contribution in [3.8, 4) is 0 Å². The van der Waals surface area contributed by atoms with Crippen LogP contribution in [0.4, 0.5) is 5.95 Å². The Kier molecular flexibility index (Phi) is 2.25. The fraction of sp³-hybridized carbons (Fsp3) is 0.600. The Labute approximate surface area is 93.7 Å². The van der Waals surface area contributed by atoms with E-state index in [1.807, 2.05) is 0 Å². The molecule has 4 nitrogen and oxygen atoms in total. The number of anilines is 1. The molecular weight excluding hydrogens is 212 g/mol. The van der Waals surface area contributed by atoms with Crippen LogP contribution in [-0.2, 0) is 0 Å². The molecule has 1 aromatic heterocycles. The van der Waals surface area contributed by atoms with Gasteiger partial charge in [-0.3, -0.25) is 0 Å². The molecule has 80 valence electrons. The molecular formula is C10H13ClN4. The summed E-state index contributed by atoms with van der Waals surface area (Å²) >= 11 is 5.86. The lowest BCUT2D eigenvalue weighted by Crippen LogP contribution is -2.51. The van der Waals surface area contributed by atoms with Gasteiger partial charge >= 0.3 is 0 Å². The first-order valence-electron chi connectivity index (χ1n) is 5.31. The number of piperazine rings is 1. The van der Waals surface area contributed by atoms with Crippen molar-refractivity contribution < 1.29 is 0 Å². The number of aromatic nitrogens is 2. The third-order valence-electron chi connectivity index (χ3n) is 3.11. The van der Waals surface area contributed by atoms with Gasteiger partial charge in [0.25, 0.3) is 0 Å². The summed E-state index contributed by atoms with van der Waals surface area (Å²) in [5.41, 5.74) is 0. The predicted molar refractivity (Wildman–Crippen MR) is 59.2 cm³/mol. The highest BCUT2D eigenvalue weighted by atomic mass is 35.5. The lowest BCUT2D eigenvalue weighted by molar-refractivity contribution is 0.461. The molecule has 2 aliphatic rings. The van der Waals surface area contributed by atoms with Crippen LogP contribution < -0.4 is 10.2 Å². The summed E-state index contributed by atoms with van der Waals surface area (Å²) in [6.07, 6.45) is 4.25. The van der Waals surface area contributed by atoms with Crippen molar-refractivity contribution in [1.82, 2.24) is 15.3 Å². The van der Waals surface area contributed by atoms with Crippen LogP contribution >= 0.6 is 11.6 Å². The Morgan fingerprint density at radius 2 is 2.07 bits per heavy atom. The molecule has 0 aliphatic carbocycles. The highest BCUT2D eigenvalue weighted by Crippen LogP contribution is 2.23. The lowest BCUT2D eigenvalue weighted by atomic mass is 10.2. The zero-order chi connectivity index (χ0) is 10.3. The Hall–Kier alpha value is -0.870. The summed E-state index contributed by atoms with van der Waals surface area (Å²) in [5, 5.41) is 4.09. The standard InChI is InChI=1S/C10H13ClN4/c11-9-3-4-12-10(14-9)15-5-7-1-2-8(6-15)13-7/h3-4,7-8,13H,1-2,5-6H2/t7-,8+. The molecule has 0 unspecified atom stereocenters. The van der Waals surface area contributed by atoms with Gasteiger partial charge in [-0.2, -0.15) is 0 Å². The van der Waals surface area contributed by atoms with Crippen molar-refractivity contribution in [2.75, 3.05) is 18.0 Å². The minimum absolute atomic E-state index is 0.519. The Morgan fingerprint density at radius 1 is 1.33 bits per heavy atom. The van der Waals surface area contributed by atoms with Crippen molar-refractivity contribution in [2.24, 2.45) is 0 Å². The van der Waals surface area contributed by atoms with Gasteiger partial charge in [0.2, 0.25) is 5.95 Å². The van der Waals surface area contributed by atoms with Crippen molar-refractivity contribution in [1.29, 1.82) is 0 Å². The topological polar surface area (TPSA) is 41.1 Å². The Balaban J connectivity index is 1.83. The van der Waals surface area contributed by atoms with E-state index in [2.05, 4.69) is 20.2 Å². The van der Waals surface area contributed by atoms with E-state index < -0.39 is 0 Å². The summed E-state index contributed by atoms with van der Waals surface area (Å²) in [6, 6.07) is 2.92. The van der Waals surface area contributed by atoms with Crippen LogP contribution in [0, 0.1) is 0 Å². The number of nitrogens with one attached hydrogen (secondary N) is 1. The van der Waals surface area contributed by atoms with E-state index in [1.54, 1.807) is 12.3 Å². The smallest absolute Gasteiger partial charge is 0.226 e. The summed E-state index contributed by atoms with van der Waals surface area (Å²) in [7, 11) is 0. The molecule has 0 radical (unpaired) electrons. The Morgan fingerprint density at radius 3 is 2.73 bits per heavy atom. The first-order chi connectivity index (χ1) is 7.31. The number of hydrogen-bond donors (Lipinski definition) is 1. The number of hydrogen-bond acceptors (Lipinski definition) is 4. The van der Waals surface area contributed by atoms with E-state index in [4.69, 9.17) is 11.6 Å². The molecule has 2 saturated heterocycles. The zero-order valence-corrected chi connectivity index (χ0v) is 9.11. The van der Waals surface area contributed by atoms with E-state index in [1.165, 1.54) is 12.8 Å². The van der Waals surface area contributed by atoms with E-state index in [-0.39, 0.29) is 0 Å². The summed E-state index contributed by atoms with van der Waals surface area (Å²) < 4.78 is 0. The number of fused-ring (bicyclic) bond motifs is 2. The average molecular weight is 225 g/mol. The molecule has 1 aromatic rings. The summed E-state index contributed by atoms with van der Waals surface area (Å²) in [6.45, 7) is 1.99. The second-order valence-electron chi connectivity index (χ2n) is 4.22. The van der Waals surface area contributed by atoms with Crippen LogP contribution in [0.3, 0.4) is 0 Å². The van der Waals surface area contributed by atoms with Gasteiger partial charge in [-0.05, 0) is 18.9 Å². The highest BCUT2D eigenvalue weighted by Gasteiger charge is 2.33. The molecule has 15 heavy (non-hydrogen) atoms. The monoisotopic (exact) mass is 224 g/mol. The molecule has 2 bridgehead atoms. The quantitative estimate of drug-likeness (QED) is 0.725. The van der Waals surface area contributed by atoms with E-state index in [0.29, 0.717) is 17.2 Å². The molecule has 0 amide bonds. The maximum absolute atomic E-state index is 5.86. The SMILES string of the molecule is Clc1ccnc(N2C[C@H]3CC[C@@H](C2)N3)n1. The van der Waals surface area contributed by atoms with Gasteiger partial charge in [0.05, 0.1) is 0 Å². The molecule has 2 atom stereocenters. The van der Waals surface area contributed by atoms with Crippen LogP contribution in [0.5, 0.6) is 0 Å². The molecule has 2 fully saturated rings. The normalized spacial score (nSPS) is 29.5. The second-order valence-corrected chi connectivity index (χ2v) is 4.61. The molecule has 2 aliphatic heterocycles. The van der Waals surface area contributed by atoms with E-state index in [0.717, 1.165) is 19.0 Å². The minimum atomic E-state index is 0.519. The summed E-state index contributed by atoms with van der Waals surface area (Å²) in [4.78, 5) is 10.7. The average Bonchev–Trinajstić information content (AvgIpc) is 2.58. The fourth-order valence-corrected chi connectivity index (χ4v) is 2.57. The van der Waals surface area contributed by atoms with Crippen LogP contribution in [0.25, 0.3) is 0 Å². The third kappa shape index (κ3) is 1.79. The third-order valence-corrected chi connectivity index (χ3v) is 3.32. The maximum Gasteiger partial charge on any atom is 0.226 e. The molecule has 0 aromatic carbocycles. The maximum atomic E-state index is 5.86. The molecule has 0 saturated carbocycles. The van der Waals surface area contributed by atoms with Gasteiger partial charge in [0, 0.05) is 31.4 Å². The number of nitrogens with zero attached hydrogens (tertiary/aromatic N) is 3. The van der Waals surface area contributed by atoms with Gasteiger partial charge in [-0.1, -0.05) is 11.6 Å². The predicted octanol–water partition coefficient (Wildman–Crippen LogP) is 1.07. The summed E-state index contributed by atoms with van der Waals surface area (Å²) in [5.74, 6) is 0.765. The van der Waals surface area contributed by atoms with Crippen LogP contribution in [-0.4, -0.2) is 35.1 Å². The van der Waals surface area contributed by atoms with Crippen molar-refractivity contribution in [2.45, 2.75) is 24.9 Å². The van der Waals surface area contributed by atoms with Crippen molar-refractivity contribution >= 4 is 17.5 Å². The molecule has 3 rings (SSSR count). The van der Waals surface area contributed by atoms with Gasteiger partial charge in [0.1, 0.15) is 5.15 Å². The van der Waals surface area contributed by atoms with Gasteiger partial charge in [-0.15, -0.1) is 0 Å². The minimum Gasteiger partial charge on any atom is -0.338 e. The van der Waals surface area contributed by atoms with Crippen molar-refractivity contribution in [3.05, 3.63) is 17.4 Å². The van der Waals surface area contributed by atoms with Crippen LogP contribution in [0.15, 0.2) is 12.3 Å². The second kappa shape index (κ2) is 3.61. The molecule has 0 spiro atoms. The van der Waals surface area contributed by atoms with Crippen molar-refractivity contribution in [3.63, 3.8) is 0 Å². The number of rotatable bonds is 1. The number of halogens is 1. The van der Waals surface area contributed by atoms with Crippen LogP contribution in [0.2, 0.25) is 5.15 Å². The van der Waals surface area contributed by atoms with Gasteiger partial charge in [0.15, 0.2) is 0 Å². The van der Waals surface area contributed by atoms with E-state index in [9.17, 15) is 0 Å². The highest BCUT2D eigenvalue weighted by molar-refractivity contribution is 6.29. The first-order valence-corrected chi connectivity index (χ1v) is 5.68. The Bertz CT molecular complexity index is 358.